The molecule has 4 rings (SSSR count). The maximum Gasteiger partial charge on any atom is 0.0406 e. The van der Waals surface area contributed by atoms with Gasteiger partial charge in [-0.25, -0.2) is 0 Å². The Kier molecular flexibility index (Phi) is 1.50. The standard InChI is InChI=1S/C16H11N/c17-14-9-12-6-3-5-11-8-10-4-1-2-7-13(10)16(14)15(11)12/h1-9H,17H2. The van der Waals surface area contributed by atoms with Gasteiger partial charge < -0.3 is 5.73 Å². The smallest absolute Gasteiger partial charge is 0.0406 e. The van der Waals surface area contributed by atoms with Gasteiger partial charge in [-0.15, -0.1) is 0 Å². The summed E-state index contributed by atoms with van der Waals surface area (Å²) in [6, 6.07) is 17.0. The second kappa shape index (κ2) is 2.89. The number of hydrogen-bond acceptors (Lipinski definition) is 1. The fourth-order valence-electron chi connectivity index (χ4n) is 2.81. The summed E-state index contributed by atoms with van der Waals surface area (Å²) in [6.07, 6.45) is 2.07. The van der Waals surface area contributed by atoms with Crippen LogP contribution in [0.4, 0.5) is 0 Å². The number of rotatable bonds is 0. The first-order valence-electron chi connectivity index (χ1n) is 5.76. The summed E-state index contributed by atoms with van der Waals surface area (Å²) in [7, 11) is 0. The van der Waals surface area contributed by atoms with Gasteiger partial charge in [0.2, 0.25) is 0 Å². The first-order valence-corrected chi connectivity index (χ1v) is 5.76. The van der Waals surface area contributed by atoms with E-state index in [2.05, 4.69) is 54.6 Å². The second-order valence-corrected chi connectivity index (χ2v) is 4.52. The van der Waals surface area contributed by atoms with E-state index in [0.717, 1.165) is 5.70 Å². The van der Waals surface area contributed by atoms with Crippen LogP contribution in [0.3, 0.4) is 0 Å². The van der Waals surface area contributed by atoms with Crippen molar-refractivity contribution in [3.63, 3.8) is 0 Å². The molecule has 0 saturated carbocycles. The van der Waals surface area contributed by atoms with Crippen LogP contribution in [-0.2, 0) is 0 Å². The minimum atomic E-state index is 0.882. The highest BCUT2D eigenvalue weighted by atomic mass is 14.6. The summed E-state index contributed by atoms with van der Waals surface area (Å²) < 4.78 is 0. The van der Waals surface area contributed by atoms with Gasteiger partial charge >= 0.3 is 0 Å². The van der Waals surface area contributed by atoms with Crippen LogP contribution < -0.4 is 5.73 Å². The minimum Gasteiger partial charge on any atom is -0.398 e. The van der Waals surface area contributed by atoms with Gasteiger partial charge in [-0.3, -0.25) is 0 Å². The molecule has 0 amide bonds. The second-order valence-electron chi connectivity index (χ2n) is 4.52. The highest BCUT2D eigenvalue weighted by Crippen LogP contribution is 2.39. The summed E-state index contributed by atoms with van der Waals surface area (Å²) in [5.74, 6) is 0. The first-order chi connectivity index (χ1) is 8.34. The Hall–Kier alpha value is -2.28. The van der Waals surface area contributed by atoms with E-state index in [1.165, 1.54) is 32.7 Å². The topological polar surface area (TPSA) is 26.0 Å². The summed E-state index contributed by atoms with van der Waals surface area (Å²) in [4.78, 5) is 0. The maximum atomic E-state index is 6.17. The lowest BCUT2D eigenvalue weighted by molar-refractivity contribution is 1.64. The summed E-state index contributed by atoms with van der Waals surface area (Å²) in [5.41, 5.74) is 9.49. The quantitative estimate of drug-likeness (QED) is 0.570. The Morgan fingerprint density at radius 1 is 0.824 bits per heavy atom. The average Bonchev–Trinajstić information content (AvgIpc) is 2.69. The first kappa shape index (κ1) is 8.82. The third-order valence-electron chi connectivity index (χ3n) is 3.52. The molecule has 0 unspecified atom stereocenters. The highest BCUT2D eigenvalue weighted by molar-refractivity contribution is 6.17. The Labute approximate surface area is 99.2 Å². The van der Waals surface area contributed by atoms with Crippen molar-refractivity contribution in [2.75, 3.05) is 0 Å². The Balaban J connectivity index is 2.37. The molecule has 0 saturated heterocycles. The third kappa shape index (κ3) is 1.03. The molecule has 1 aliphatic rings. The van der Waals surface area contributed by atoms with E-state index in [-0.39, 0.29) is 0 Å². The average molecular weight is 217 g/mol. The fourth-order valence-corrected chi connectivity index (χ4v) is 2.81. The lowest BCUT2D eigenvalue weighted by Crippen LogP contribution is -1.93. The van der Waals surface area contributed by atoms with Gasteiger partial charge in [0.05, 0.1) is 0 Å². The summed E-state index contributed by atoms with van der Waals surface area (Å²) in [6.45, 7) is 0. The van der Waals surface area contributed by atoms with Gasteiger partial charge in [0.1, 0.15) is 0 Å². The van der Waals surface area contributed by atoms with Crippen molar-refractivity contribution in [1.29, 1.82) is 0 Å². The molecule has 0 radical (unpaired) electrons. The van der Waals surface area contributed by atoms with Crippen LogP contribution in [0.2, 0.25) is 0 Å². The van der Waals surface area contributed by atoms with Crippen molar-refractivity contribution in [3.05, 3.63) is 59.7 Å². The minimum absolute atomic E-state index is 0.882. The molecule has 0 aromatic heterocycles. The molecule has 0 heterocycles. The molecule has 0 aliphatic heterocycles. The molecule has 1 heteroatoms. The summed E-state index contributed by atoms with van der Waals surface area (Å²) in [5, 5.41) is 5.07. The lowest BCUT2D eigenvalue weighted by Gasteiger charge is -2.08. The fraction of sp³-hybridized carbons (Fsp3) is 0. The van der Waals surface area contributed by atoms with Crippen molar-refractivity contribution in [2.24, 2.45) is 5.73 Å². The molecule has 0 bridgehead atoms. The van der Waals surface area contributed by atoms with Crippen molar-refractivity contribution < 1.29 is 0 Å². The Morgan fingerprint density at radius 3 is 2.59 bits per heavy atom. The van der Waals surface area contributed by atoms with Crippen LogP contribution in [0.25, 0.3) is 33.3 Å². The van der Waals surface area contributed by atoms with Crippen molar-refractivity contribution in [3.8, 4) is 0 Å². The van der Waals surface area contributed by atoms with Gasteiger partial charge in [-0.1, -0.05) is 42.5 Å². The Morgan fingerprint density at radius 2 is 1.65 bits per heavy atom. The molecule has 1 nitrogen and oxygen atoms in total. The van der Waals surface area contributed by atoms with Crippen LogP contribution in [0.1, 0.15) is 11.1 Å². The van der Waals surface area contributed by atoms with Gasteiger partial charge in [0, 0.05) is 11.3 Å². The van der Waals surface area contributed by atoms with E-state index in [1.807, 2.05) is 0 Å². The monoisotopic (exact) mass is 217 g/mol. The maximum absolute atomic E-state index is 6.17. The molecule has 3 aromatic rings. The molecular weight excluding hydrogens is 206 g/mol. The molecule has 1 aliphatic carbocycles. The number of nitrogens with two attached hydrogens (primary N) is 1. The normalized spacial score (nSPS) is 13.3. The van der Waals surface area contributed by atoms with Crippen molar-refractivity contribution in [2.45, 2.75) is 0 Å². The van der Waals surface area contributed by atoms with Crippen molar-refractivity contribution in [1.82, 2.24) is 0 Å². The zero-order valence-corrected chi connectivity index (χ0v) is 9.27. The van der Waals surface area contributed by atoms with Gasteiger partial charge in [-0.2, -0.15) is 0 Å². The van der Waals surface area contributed by atoms with E-state index in [0.29, 0.717) is 0 Å². The molecular formula is C16H11N. The van der Waals surface area contributed by atoms with E-state index >= 15 is 0 Å². The zero-order valence-electron chi connectivity index (χ0n) is 9.27. The number of benzene rings is 3. The van der Waals surface area contributed by atoms with Crippen LogP contribution in [0, 0.1) is 0 Å². The zero-order chi connectivity index (χ0) is 11.4. The lowest BCUT2D eigenvalue weighted by atomic mass is 9.97. The molecule has 3 aromatic carbocycles. The predicted octanol–water partition coefficient (Wildman–Crippen LogP) is 3.76. The van der Waals surface area contributed by atoms with Crippen LogP contribution in [0.15, 0.2) is 48.5 Å². The Bertz CT molecular complexity index is 797. The van der Waals surface area contributed by atoms with Gasteiger partial charge in [0.15, 0.2) is 0 Å². The molecule has 2 N–H and O–H groups in total. The van der Waals surface area contributed by atoms with E-state index < -0.39 is 0 Å². The molecule has 0 spiro atoms. The van der Waals surface area contributed by atoms with Crippen LogP contribution >= 0.6 is 0 Å². The third-order valence-corrected chi connectivity index (χ3v) is 3.52. The molecule has 80 valence electrons. The van der Waals surface area contributed by atoms with Gasteiger partial charge in [-0.05, 0) is 39.3 Å². The molecule has 0 atom stereocenters. The van der Waals surface area contributed by atoms with E-state index in [1.54, 1.807) is 0 Å². The molecule has 0 fully saturated rings. The SMILES string of the molecule is NC1=Cc2cccc3cc4ccccc4c1c23. The van der Waals surface area contributed by atoms with E-state index in [9.17, 15) is 0 Å². The van der Waals surface area contributed by atoms with E-state index in [4.69, 9.17) is 5.73 Å². The van der Waals surface area contributed by atoms with Crippen LogP contribution in [0.5, 0.6) is 0 Å². The van der Waals surface area contributed by atoms with Gasteiger partial charge in [0.25, 0.3) is 0 Å². The van der Waals surface area contributed by atoms with Crippen LogP contribution in [-0.4, -0.2) is 0 Å². The highest BCUT2D eigenvalue weighted by Gasteiger charge is 2.16. The number of fused-ring (bicyclic) bond motifs is 2. The van der Waals surface area contributed by atoms with Crippen molar-refractivity contribution >= 4 is 33.3 Å². The summed E-state index contributed by atoms with van der Waals surface area (Å²) >= 11 is 0. The number of hydrogen-bond donors (Lipinski definition) is 1. The largest absolute Gasteiger partial charge is 0.398 e. The predicted molar refractivity (Wildman–Crippen MR) is 73.5 cm³/mol. The molecule has 17 heavy (non-hydrogen) atoms.